The minimum absolute atomic E-state index is 0.0668. The molecule has 1 fully saturated rings. The number of morpholine rings is 1. The predicted molar refractivity (Wildman–Crippen MR) is 74.2 cm³/mol. The summed E-state index contributed by atoms with van der Waals surface area (Å²) in [7, 11) is 1.69. The molecule has 1 unspecified atom stereocenters. The number of hydrogen-bond donors (Lipinski definition) is 1. The van der Waals surface area contributed by atoms with E-state index in [9.17, 15) is 5.11 Å². The minimum atomic E-state index is 0.0668. The van der Waals surface area contributed by atoms with Gasteiger partial charge in [0.15, 0.2) is 0 Å². The van der Waals surface area contributed by atoms with E-state index in [2.05, 4.69) is 11.8 Å². The van der Waals surface area contributed by atoms with Gasteiger partial charge in [-0.25, -0.2) is 0 Å². The van der Waals surface area contributed by atoms with Crippen molar-refractivity contribution in [1.82, 2.24) is 4.90 Å². The molecule has 0 bridgehead atoms. The molecule has 0 spiro atoms. The highest BCUT2D eigenvalue weighted by molar-refractivity contribution is 5.37. The fourth-order valence-corrected chi connectivity index (χ4v) is 2.55. The van der Waals surface area contributed by atoms with E-state index in [1.165, 1.54) is 0 Å². The van der Waals surface area contributed by atoms with Crippen LogP contribution < -0.4 is 4.74 Å². The smallest absolute Gasteiger partial charge is 0.123 e. The number of methoxy groups -OCH3 is 1. The molecule has 0 saturated carbocycles. The van der Waals surface area contributed by atoms with E-state index in [4.69, 9.17) is 9.47 Å². The van der Waals surface area contributed by atoms with Gasteiger partial charge in [-0.1, -0.05) is 13.0 Å². The fraction of sp³-hybridized carbons (Fsp3) is 0.600. The normalized spacial score (nSPS) is 20.5. The molecular formula is C15H23NO3. The van der Waals surface area contributed by atoms with Crippen molar-refractivity contribution in [3.05, 3.63) is 29.3 Å². The van der Waals surface area contributed by atoms with E-state index < -0.39 is 0 Å². The second-order valence-corrected chi connectivity index (χ2v) is 4.91. The van der Waals surface area contributed by atoms with E-state index in [1.807, 2.05) is 18.2 Å². The second kappa shape index (κ2) is 6.89. The van der Waals surface area contributed by atoms with Gasteiger partial charge in [0.1, 0.15) is 5.75 Å². The third-order valence-corrected chi connectivity index (χ3v) is 3.72. The maximum atomic E-state index is 9.26. The molecule has 19 heavy (non-hydrogen) atoms. The van der Waals surface area contributed by atoms with Crippen molar-refractivity contribution in [2.75, 3.05) is 26.9 Å². The summed E-state index contributed by atoms with van der Waals surface area (Å²) >= 11 is 0. The van der Waals surface area contributed by atoms with Gasteiger partial charge < -0.3 is 14.6 Å². The summed E-state index contributed by atoms with van der Waals surface area (Å²) in [6.07, 6.45) is 1.09. The van der Waals surface area contributed by atoms with Crippen LogP contribution in [0.4, 0.5) is 0 Å². The van der Waals surface area contributed by atoms with Gasteiger partial charge in [0.05, 0.1) is 26.9 Å². The van der Waals surface area contributed by atoms with Crippen LogP contribution >= 0.6 is 0 Å². The van der Waals surface area contributed by atoms with Crippen LogP contribution in [0.15, 0.2) is 18.2 Å². The van der Waals surface area contributed by atoms with Gasteiger partial charge in [0, 0.05) is 24.7 Å². The summed E-state index contributed by atoms with van der Waals surface area (Å²) in [6, 6.07) is 6.33. The zero-order valence-corrected chi connectivity index (χ0v) is 11.8. The lowest BCUT2D eigenvalue weighted by Crippen LogP contribution is -2.44. The summed E-state index contributed by atoms with van der Waals surface area (Å²) in [5.41, 5.74) is 2.06. The average Bonchev–Trinajstić information content (AvgIpc) is 2.47. The Hall–Kier alpha value is -1.10. The maximum Gasteiger partial charge on any atom is 0.123 e. The lowest BCUT2D eigenvalue weighted by molar-refractivity contribution is -0.0130. The summed E-state index contributed by atoms with van der Waals surface area (Å²) in [4.78, 5) is 2.43. The number of rotatable bonds is 5. The van der Waals surface area contributed by atoms with Crippen molar-refractivity contribution in [3.63, 3.8) is 0 Å². The molecule has 4 nitrogen and oxygen atoms in total. The van der Waals surface area contributed by atoms with Crippen LogP contribution in [0, 0.1) is 0 Å². The van der Waals surface area contributed by atoms with E-state index >= 15 is 0 Å². The van der Waals surface area contributed by atoms with Crippen molar-refractivity contribution in [1.29, 1.82) is 0 Å². The van der Waals surface area contributed by atoms with Gasteiger partial charge in [0.25, 0.3) is 0 Å². The van der Waals surface area contributed by atoms with Crippen LogP contribution in [0.2, 0.25) is 0 Å². The average molecular weight is 265 g/mol. The van der Waals surface area contributed by atoms with Gasteiger partial charge in [-0.3, -0.25) is 4.90 Å². The molecule has 0 aromatic heterocycles. The Morgan fingerprint density at radius 3 is 3.00 bits per heavy atom. The van der Waals surface area contributed by atoms with Gasteiger partial charge in [-0.05, 0) is 24.1 Å². The first-order valence-electron chi connectivity index (χ1n) is 6.87. The highest BCUT2D eigenvalue weighted by Crippen LogP contribution is 2.24. The van der Waals surface area contributed by atoms with Crippen molar-refractivity contribution < 1.29 is 14.6 Å². The largest absolute Gasteiger partial charge is 0.496 e. The lowest BCUT2D eigenvalue weighted by atomic mass is 10.1. The third kappa shape index (κ3) is 3.47. The fourth-order valence-electron chi connectivity index (χ4n) is 2.55. The predicted octanol–water partition coefficient (Wildman–Crippen LogP) is 1.80. The molecule has 106 valence electrons. The Kier molecular flexibility index (Phi) is 5.19. The van der Waals surface area contributed by atoms with Crippen LogP contribution in [0.3, 0.4) is 0 Å². The molecule has 0 radical (unpaired) electrons. The van der Waals surface area contributed by atoms with Crippen molar-refractivity contribution >= 4 is 0 Å². The number of nitrogens with zero attached hydrogens (tertiary/aromatic N) is 1. The van der Waals surface area contributed by atoms with Gasteiger partial charge in [-0.2, -0.15) is 0 Å². The highest BCUT2D eigenvalue weighted by Gasteiger charge is 2.22. The van der Waals surface area contributed by atoms with Crippen LogP contribution in [0.5, 0.6) is 5.75 Å². The van der Waals surface area contributed by atoms with Crippen LogP contribution in [-0.2, 0) is 17.9 Å². The molecule has 1 heterocycles. The number of benzene rings is 1. The molecule has 1 aliphatic rings. The minimum Gasteiger partial charge on any atom is -0.496 e. The Labute approximate surface area is 114 Å². The summed E-state index contributed by atoms with van der Waals surface area (Å²) in [6.45, 7) is 5.64. The van der Waals surface area contributed by atoms with E-state index in [0.717, 1.165) is 49.6 Å². The quantitative estimate of drug-likeness (QED) is 0.881. The van der Waals surface area contributed by atoms with Gasteiger partial charge in [-0.15, -0.1) is 0 Å². The molecule has 1 aliphatic heterocycles. The second-order valence-electron chi connectivity index (χ2n) is 4.91. The number of ether oxygens (including phenoxy) is 2. The number of aliphatic hydroxyl groups excluding tert-OH is 1. The Balaban J connectivity index is 2.16. The van der Waals surface area contributed by atoms with E-state index in [0.29, 0.717) is 6.04 Å². The van der Waals surface area contributed by atoms with Crippen molar-refractivity contribution in [2.45, 2.75) is 32.5 Å². The topological polar surface area (TPSA) is 41.9 Å². The first-order valence-corrected chi connectivity index (χ1v) is 6.87. The zero-order chi connectivity index (χ0) is 13.7. The molecule has 1 atom stereocenters. The van der Waals surface area contributed by atoms with Crippen LogP contribution in [0.1, 0.15) is 24.5 Å². The third-order valence-electron chi connectivity index (χ3n) is 3.72. The van der Waals surface area contributed by atoms with Crippen LogP contribution in [-0.4, -0.2) is 42.9 Å². The summed E-state index contributed by atoms with van der Waals surface area (Å²) < 4.78 is 10.9. The molecular weight excluding hydrogens is 242 g/mol. The van der Waals surface area contributed by atoms with E-state index in [1.54, 1.807) is 7.11 Å². The summed E-state index contributed by atoms with van der Waals surface area (Å²) in [5, 5.41) is 9.26. The molecule has 0 aliphatic carbocycles. The van der Waals surface area contributed by atoms with Crippen molar-refractivity contribution in [3.8, 4) is 5.75 Å². The van der Waals surface area contributed by atoms with Gasteiger partial charge >= 0.3 is 0 Å². The van der Waals surface area contributed by atoms with Crippen molar-refractivity contribution in [2.24, 2.45) is 0 Å². The standard InChI is InChI=1S/C15H23NO3/c1-3-14-11-19-7-6-16(14)9-13-8-12(10-17)4-5-15(13)18-2/h4-5,8,14,17H,3,6-7,9-11H2,1-2H3. The highest BCUT2D eigenvalue weighted by atomic mass is 16.5. The SMILES string of the molecule is CCC1COCCN1Cc1cc(CO)ccc1OC. The lowest BCUT2D eigenvalue weighted by Gasteiger charge is -2.35. The zero-order valence-electron chi connectivity index (χ0n) is 11.8. The molecule has 1 saturated heterocycles. The first-order chi connectivity index (χ1) is 9.28. The molecule has 1 aromatic rings. The Morgan fingerprint density at radius 1 is 1.47 bits per heavy atom. The molecule has 0 amide bonds. The van der Waals surface area contributed by atoms with E-state index in [-0.39, 0.29) is 6.61 Å². The Bertz CT molecular complexity index is 408. The molecule has 2 rings (SSSR count). The number of hydrogen-bond acceptors (Lipinski definition) is 4. The number of aliphatic hydroxyl groups is 1. The maximum absolute atomic E-state index is 9.26. The Morgan fingerprint density at radius 2 is 2.32 bits per heavy atom. The molecule has 1 N–H and O–H groups in total. The monoisotopic (exact) mass is 265 g/mol. The molecule has 1 aromatic carbocycles. The van der Waals surface area contributed by atoms with Crippen LogP contribution in [0.25, 0.3) is 0 Å². The first kappa shape index (κ1) is 14.3. The summed E-state index contributed by atoms with van der Waals surface area (Å²) in [5.74, 6) is 0.888. The van der Waals surface area contributed by atoms with Gasteiger partial charge in [0.2, 0.25) is 0 Å². The molecule has 4 heteroatoms.